The van der Waals surface area contributed by atoms with Gasteiger partial charge in [0.05, 0.1) is 0 Å². The summed E-state index contributed by atoms with van der Waals surface area (Å²) in [5.41, 5.74) is 9.58. The topological polar surface area (TPSA) is 0 Å². The number of allylic oxidation sites excluding steroid dienone is 2. The zero-order valence-electron chi connectivity index (χ0n) is 14.6. The van der Waals surface area contributed by atoms with E-state index in [9.17, 15) is 0 Å². The first-order valence-electron chi connectivity index (χ1n) is 8.66. The van der Waals surface area contributed by atoms with Gasteiger partial charge in [-0.2, -0.15) is 0 Å². The van der Waals surface area contributed by atoms with Crippen LogP contribution in [0.15, 0.2) is 59.7 Å². The largest absolute Gasteiger partial charge is 1.00 e. The van der Waals surface area contributed by atoms with E-state index in [-0.39, 0.29) is 24.8 Å². The Morgan fingerprint density at radius 2 is 1.08 bits per heavy atom. The molecule has 0 amide bonds. The van der Waals surface area contributed by atoms with Gasteiger partial charge in [-0.05, 0) is 0 Å². The van der Waals surface area contributed by atoms with E-state index in [2.05, 4.69) is 74.5 Å². The second kappa shape index (κ2) is 8.84. The fourth-order valence-corrected chi connectivity index (χ4v) is 11.9. The molecule has 2 unspecified atom stereocenters. The minimum atomic E-state index is -0.915. The van der Waals surface area contributed by atoms with E-state index in [1.165, 1.54) is 24.0 Å². The van der Waals surface area contributed by atoms with Gasteiger partial charge in [0.2, 0.25) is 0 Å². The van der Waals surface area contributed by atoms with E-state index in [0.29, 0.717) is 0 Å². The second-order valence-electron chi connectivity index (χ2n) is 6.44. The molecule has 128 valence electrons. The van der Waals surface area contributed by atoms with Gasteiger partial charge in [0, 0.05) is 0 Å². The van der Waals surface area contributed by atoms with Gasteiger partial charge in [0.1, 0.15) is 0 Å². The Labute approximate surface area is 175 Å². The number of rotatable bonds is 4. The van der Waals surface area contributed by atoms with Crippen LogP contribution in [0.5, 0.6) is 0 Å². The molecule has 4 rings (SSSR count). The van der Waals surface area contributed by atoms with Crippen LogP contribution < -0.4 is 24.8 Å². The van der Waals surface area contributed by atoms with Gasteiger partial charge < -0.3 is 24.8 Å². The maximum absolute atomic E-state index is 2.48. The van der Waals surface area contributed by atoms with Crippen LogP contribution in [0.1, 0.15) is 56.3 Å². The first-order valence-corrected chi connectivity index (χ1v) is 12.8. The molecule has 0 bridgehead atoms. The Morgan fingerprint density at radius 1 is 0.680 bits per heavy atom. The molecular formula is C22H22Cl2Hf. The number of fused-ring (bicyclic) bond motifs is 2. The van der Waals surface area contributed by atoms with Crippen LogP contribution in [0.4, 0.5) is 0 Å². The van der Waals surface area contributed by atoms with E-state index in [1.807, 2.05) is 0 Å². The molecule has 0 N–H and O–H groups in total. The first-order chi connectivity index (χ1) is 11.3. The molecule has 0 heterocycles. The maximum atomic E-state index is 2.48. The summed E-state index contributed by atoms with van der Waals surface area (Å²) in [7, 11) is 0. The van der Waals surface area contributed by atoms with E-state index in [0.717, 1.165) is 7.35 Å². The summed E-state index contributed by atoms with van der Waals surface area (Å²) in [6.07, 6.45) is 7.35. The molecule has 2 aromatic rings. The van der Waals surface area contributed by atoms with Gasteiger partial charge in [-0.15, -0.1) is 0 Å². The molecule has 0 saturated heterocycles. The minimum absolute atomic E-state index is 0. The van der Waals surface area contributed by atoms with Crippen molar-refractivity contribution >= 4 is 12.2 Å². The van der Waals surface area contributed by atoms with Crippen molar-refractivity contribution in [3.63, 3.8) is 0 Å². The first kappa shape index (κ1) is 20.7. The van der Waals surface area contributed by atoms with Gasteiger partial charge in [-0.25, -0.2) is 0 Å². The molecule has 25 heavy (non-hydrogen) atoms. The SMILES string of the molecule is CCC1=Cc2ccccc2[CH]1[Hf+2][CH]1C(CC)=Cc2ccccc21.[Cl-].[Cl-]. The molecule has 2 aliphatic rings. The van der Waals surface area contributed by atoms with Crippen LogP contribution in [0.3, 0.4) is 0 Å². The standard InChI is InChI=1S/2C11H11.2ClH.Hf/c2*1-2-9-7-10-5-3-4-6-11(10)8-9;;;/h2*3-8H,2H2,1H3;2*1H;/q;;;;+2/p-2. The van der Waals surface area contributed by atoms with Crippen LogP contribution in [0.25, 0.3) is 12.2 Å². The molecule has 3 heteroatoms. The van der Waals surface area contributed by atoms with Gasteiger partial charge in [-0.1, -0.05) is 0 Å². The van der Waals surface area contributed by atoms with Crippen molar-refractivity contribution < 1.29 is 47.7 Å². The van der Waals surface area contributed by atoms with E-state index in [1.54, 1.807) is 22.3 Å². The maximum Gasteiger partial charge on any atom is -1.00 e. The third-order valence-corrected chi connectivity index (χ3v) is 12.5. The fraction of sp³-hybridized carbons (Fsp3) is 0.273. The number of halogens is 2. The molecule has 0 spiro atoms. The molecule has 0 aromatic heterocycles. The molecule has 0 radical (unpaired) electrons. The van der Waals surface area contributed by atoms with Crippen molar-refractivity contribution in [2.75, 3.05) is 0 Å². The van der Waals surface area contributed by atoms with Crippen molar-refractivity contribution in [3.05, 3.63) is 81.9 Å². The quantitative estimate of drug-likeness (QED) is 0.490. The predicted molar refractivity (Wildman–Crippen MR) is 94.9 cm³/mol. The summed E-state index contributed by atoms with van der Waals surface area (Å²) in [6, 6.07) is 18.2. The summed E-state index contributed by atoms with van der Waals surface area (Å²) in [4.78, 5) is 0. The molecule has 0 aliphatic heterocycles. The zero-order valence-corrected chi connectivity index (χ0v) is 19.7. The van der Waals surface area contributed by atoms with Gasteiger partial charge >= 0.3 is 151 Å². The molecule has 2 aromatic carbocycles. The Morgan fingerprint density at radius 3 is 1.48 bits per heavy atom. The van der Waals surface area contributed by atoms with Crippen LogP contribution in [0.2, 0.25) is 0 Å². The summed E-state index contributed by atoms with van der Waals surface area (Å²) >= 11 is -0.915. The van der Waals surface area contributed by atoms with Gasteiger partial charge in [0.15, 0.2) is 0 Å². The summed E-state index contributed by atoms with van der Waals surface area (Å²) < 4.78 is 1.56. The normalized spacial score (nSPS) is 19.6. The number of hydrogen-bond acceptors (Lipinski definition) is 0. The molecule has 0 nitrogen and oxygen atoms in total. The monoisotopic (exact) mass is 536 g/mol. The Bertz CT molecular complexity index is 740. The third-order valence-electron chi connectivity index (χ3n) is 5.19. The van der Waals surface area contributed by atoms with Gasteiger partial charge in [0.25, 0.3) is 0 Å². The van der Waals surface area contributed by atoms with Crippen LogP contribution in [-0.2, 0) is 22.9 Å². The Hall–Kier alpha value is -0.630. The smallest absolute Gasteiger partial charge is 1.00 e. The molecule has 2 atom stereocenters. The number of benzene rings is 2. The summed E-state index contributed by atoms with van der Waals surface area (Å²) in [5, 5.41) is 0. The van der Waals surface area contributed by atoms with Crippen LogP contribution >= 0.6 is 0 Å². The van der Waals surface area contributed by atoms with Crippen LogP contribution in [0, 0.1) is 0 Å². The van der Waals surface area contributed by atoms with E-state index < -0.39 is 22.9 Å². The molecule has 0 fully saturated rings. The van der Waals surface area contributed by atoms with Crippen molar-refractivity contribution in [1.29, 1.82) is 0 Å². The van der Waals surface area contributed by atoms with E-state index >= 15 is 0 Å². The average Bonchev–Trinajstić information content (AvgIpc) is 3.14. The van der Waals surface area contributed by atoms with Crippen molar-refractivity contribution in [2.45, 2.75) is 34.0 Å². The Balaban J connectivity index is 0.00000113. The predicted octanol–water partition coefficient (Wildman–Crippen LogP) is 0.174. The van der Waals surface area contributed by atoms with Crippen LogP contribution in [-0.4, -0.2) is 0 Å². The zero-order chi connectivity index (χ0) is 15.8. The van der Waals surface area contributed by atoms with Crippen molar-refractivity contribution in [2.24, 2.45) is 0 Å². The molecule has 0 saturated carbocycles. The van der Waals surface area contributed by atoms with Crippen molar-refractivity contribution in [3.8, 4) is 0 Å². The van der Waals surface area contributed by atoms with Crippen molar-refractivity contribution in [1.82, 2.24) is 0 Å². The van der Waals surface area contributed by atoms with E-state index in [4.69, 9.17) is 0 Å². The number of hydrogen-bond donors (Lipinski definition) is 0. The second-order valence-corrected chi connectivity index (χ2v) is 11.8. The summed E-state index contributed by atoms with van der Waals surface area (Å²) in [5.74, 6) is 0. The molecular weight excluding hydrogens is 514 g/mol. The van der Waals surface area contributed by atoms with Gasteiger partial charge in [-0.3, -0.25) is 0 Å². The fourth-order valence-electron chi connectivity index (χ4n) is 3.95. The molecule has 2 aliphatic carbocycles. The summed E-state index contributed by atoms with van der Waals surface area (Å²) in [6.45, 7) is 4.65. The average molecular weight is 536 g/mol. The third kappa shape index (κ3) is 3.75. The Kier molecular flexibility index (Phi) is 7.31. The minimum Gasteiger partial charge on any atom is -1.00 e.